The van der Waals surface area contributed by atoms with Crippen LogP contribution in [0.15, 0.2) is 43.0 Å². The van der Waals surface area contributed by atoms with Gasteiger partial charge in [-0.15, -0.1) is 0 Å². The number of anilines is 1. The van der Waals surface area contributed by atoms with Crippen LogP contribution in [0.5, 0.6) is 5.75 Å². The number of hydrogen-bond donors (Lipinski definition) is 3. The number of rotatable bonds is 10. The van der Waals surface area contributed by atoms with E-state index in [9.17, 15) is 14.5 Å². The molecule has 0 saturated carbocycles. The number of ether oxygens (including phenoxy) is 3. The molecule has 2 aliphatic rings. The maximum absolute atomic E-state index is 13.9. The summed E-state index contributed by atoms with van der Waals surface area (Å²) in [7, 11) is -4.19. The number of aliphatic hydroxyl groups excluding tert-OH is 1. The number of nitrogens with two attached hydrogens (primary N) is 1. The summed E-state index contributed by atoms with van der Waals surface area (Å²) in [5.74, 6) is -0.182. The summed E-state index contributed by atoms with van der Waals surface area (Å²) in [6, 6.07) is 7.33. The van der Waals surface area contributed by atoms with Crippen LogP contribution in [0, 0.1) is 0 Å². The van der Waals surface area contributed by atoms with Crippen LogP contribution in [0.25, 0.3) is 11.2 Å². The Hall–Kier alpha value is -3.13. The lowest BCUT2D eigenvalue weighted by Gasteiger charge is -2.32. The zero-order valence-corrected chi connectivity index (χ0v) is 21.9. The first-order chi connectivity index (χ1) is 18.1. The summed E-state index contributed by atoms with van der Waals surface area (Å²) in [5.41, 5.74) is 5.29. The highest BCUT2D eigenvalue weighted by Crippen LogP contribution is 2.50. The molecule has 4 N–H and O–H groups in total. The molecular weight excluding hydrogens is 519 g/mol. The Morgan fingerprint density at radius 3 is 2.79 bits per heavy atom. The Balaban J connectivity index is 1.36. The maximum atomic E-state index is 13.9. The molecule has 2 bridgehead atoms. The SMILES string of the molecule is CC(C)OC(=O)[C@@H](C)NP(=O)(OC[C@@]12CO[C@@H](C(n3cnc4c(N)ncnc43)O1)[C@@H]2O)Oc1ccccc1. The summed E-state index contributed by atoms with van der Waals surface area (Å²) in [4.78, 5) is 24.8. The number of carbonyl (C=O) groups is 1. The van der Waals surface area contributed by atoms with E-state index in [0.717, 1.165) is 0 Å². The summed E-state index contributed by atoms with van der Waals surface area (Å²) in [6.07, 6.45) is -0.338. The number of esters is 1. The lowest BCUT2D eigenvalue weighted by atomic mass is 10.0. The molecule has 2 aromatic heterocycles. The van der Waals surface area contributed by atoms with Gasteiger partial charge in [0.2, 0.25) is 0 Å². The second-order valence-electron chi connectivity index (χ2n) is 9.39. The maximum Gasteiger partial charge on any atom is 0.459 e. The van der Waals surface area contributed by atoms with Gasteiger partial charge in [-0.1, -0.05) is 18.2 Å². The monoisotopic (exact) mass is 548 g/mol. The zero-order valence-electron chi connectivity index (χ0n) is 21.0. The van der Waals surface area contributed by atoms with Gasteiger partial charge in [-0.25, -0.2) is 19.5 Å². The van der Waals surface area contributed by atoms with Crippen molar-refractivity contribution < 1.29 is 37.7 Å². The third kappa shape index (κ3) is 4.98. The highest BCUT2D eigenvalue weighted by molar-refractivity contribution is 7.52. The van der Waals surface area contributed by atoms with Crippen LogP contribution in [-0.4, -0.2) is 73.8 Å². The van der Waals surface area contributed by atoms with E-state index in [4.69, 9.17) is 29.0 Å². The highest BCUT2D eigenvalue weighted by Gasteiger charge is 2.63. The average Bonchev–Trinajstić information content (AvgIpc) is 3.53. The van der Waals surface area contributed by atoms with Crippen molar-refractivity contribution in [2.45, 2.75) is 57.0 Å². The molecule has 1 aromatic carbocycles. The molecule has 204 valence electrons. The van der Waals surface area contributed by atoms with E-state index >= 15 is 0 Å². The Bertz CT molecular complexity index is 1360. The summed E-state index contributed by atoms with van der Waals surface area (Å²) < 4.78 is 44.2. The smallest absolute Gasteiger partial charge is 0.459 e. The van der Waals surface area contributed by atoms with E-state index in [0.29, 0.717) is 11.2 Å². The fourth-order valence-electron chi connectivity index (χ4n) is 4.32. The average molecular weight is 548 g/mol. The quantitative estimate of drug-likeness (QED) is 0.245. The fraction of sp³-hybridized carbons (Fsp3) is 0.478. The number of carbonyl (C=O) groups excluding carboxylic acids is 1. The number of para-hydroxylation sites is 1. The van der Waals surface area contributed by atoms with Crippen molar-refractivity contribution in [1.29, 1.82) is 0 Å². The van der Waals surface area contributed by atoms with Crippen LogP contribution in [0.4, 0.5) is 5.82 Å². The second kappa shape index (κ2) is 10.2. The molecule has 38 heavy (non-hydrogen) atoms. The zero-order chi connectivity index (χ0) is 27.1. The first-order valence-corrected chi connectivity index (χ1v) is 13.5. The molecule has 2 aliphatic heterocycles. The van der Waals surface area contributed by atoms with Gasteiger partial charge in [0.25, 0.3) is 0 Å². The van der Waals surface area contributed by atoms with E-state index in [1.54, 1.807) is 48.7 Å². The van der Waals surface area contributed by atoms with E-state index in [1.165, 1.54) is 19.6 Å². The molecule has 0 amide bonds. The lowest BCUT2D eigenvalue weighted by molar-refractivity contribution is -0.183. The van der Waals surface area contributed by atoms with Gasteiger partial charge in [0.05, 0.1) is 25.6 Å². The molecule has 15 heteroatoms. The van der Waals surface area contributed by atoms with Crippen LogP contribution in [0.1, 0.15) is 27.0 Å². The molecule has 0 spiro atoms. The largest absolute Gasteiger partial charge is 0.462 e. The predicted molar refractivity (Wildman–Crippen MR) is 133 cm³/mol. The first-order valence-electron chi connectivity index (χ1n) is 12.0. The number of imidazole rings is 1. The Morgan fingerprint density at radius 2 is 2.05 bits per heavy atom. The minimum Gasteiger partial charge on any atom is -0.462 e. The van der Waals surface area contributed by atoms with Crippen molar-refractivity contribution in [3.8, 4) is 5.75 Å². The number of benzene rings is 1. The number of hydrogen-bond acceptors (Lipinski definition) is 12. The number of nitrogens with one attached hydrogen (secondary N) is 1. The molecule has 3 aromatic rings. The molecule has 4 heterocycles. The first kappa shape index (κ1) is 26.5. The number of nitrogen functional groups attached to an aromatic ring is 1. The normalized spacial score (nSPS) is 26.9. The third-order valence-electron chi connectivity index (χ3n) is 6.17. The van der Waals surface area contributed by atoms with Gasteiger partial charge in [-0.05, 0) is 32.9 Å². The molecule has 14 nitrogen and oxygen atoms in total. The van der Waals surface area contributed by atoms with Gasteiger partial charge in [-0.2, -0.15) is 5.09 Å². The lowest BCUT2D eigenvalue weighted by Crippen LogP contribution is -2.46. The standard InChI is InChI=1S/C23H29N6O8P/c1-13(2)35-22(31)14(3)28-38(32,37-15-7-5-4-6-8-15)34-10-23-9-33-17(18(23)30)21(36-23)29-12-27-16-19(24)25-11-26-20(16)29/h4-8,11-14,17-18,21,30H,9-10H2,1-3H3,(H,28,32)(H2,24,25,26)/t14-,17-,18+,21?,23-,38?/m1/s1. The minimum atomic E-state index is -4.19. The highest BCUT2D eigenvalue weighted by atomic mass is 31.2. The summed E-state index contributed by atoms with van der Waals surface area (Å²) >= 11 is 0. The molecule has 5 rings (SSSR count). The Labute approximate surface area is 218 Å². The summed E-state index contributed by atoms with van der Waals surface area (Å²) in [5, 5.41) is 13.7. The number of aromatic nitrogens is 4. The van der Waals surface area contributed by atoms with Crippen molar-refractivity contribution >= 4 is 30.7 Å². The number of aliphatic hydroxyl groups is 1. The predicted octanol–water partition coefficient (Wildman–Crippen LogP) is 1.57. The van der Waals surface area contributed by atoms with Crippen molar-refractivity contribution in [3.63, 3.8) is 0 Å². The molecule has 2 unspecified atom stereocenters. The van der Waals surface area contributed by atoms with Crippen molar-refractivity contribution in [3.05, 3.63) is 43.0 Å². The Morgan fingerprint density at radius 1 is 1.29 bits per heavy atom. The van der Waals surface area contributed by atoms with Crippen LogP contribution < -0.4 is 15.3 Å². The van der Waals surface area contributed by atoms with E-state index in [1.807, 2.05) is 0 Å². The van der Waals surface area contributed by atoms with Crippen LogP contribution in [0.2, 0.25) is 0 Å². The van der Waals surface area contributed by atoms with Crippen LogP contribution in [-0.2, 0) is 28.1 Å². The van der Waals surface area contributed by atoms with E-state index in [-0.39, 0.29) is 30.9 Å². The van der Waals surface area contributed by atoms with Gasteiger partial charge in [0.1, 0.15) is 41.4 Å². The molecule has 6 atom stereocenters. The third-order valence-corrected chi connectivity index (χ3v) is 7.80. The molecule has 2 fully saturated rings. The van der Waals surface area contributed by atoms with Gasteiger partial charge in [-0.3, -0.25) is 13.9 Å². The van der Waals surface area contributed by atoms with Gasteiger partial charge in [0.15, 0.2) is 17.7 Å². The molecule has 0 aliphatic carbocycles. The van der Waals surface area contributed by atoms with Crippen LogP contribution >= 0.6 is 7.75 Å². The van der Waals surface area contributed by atoms with Gasteiger partial charge < -0.3 is 29.6 Å². The second-order valence-corrected chi connectivity index (χ2v) is 11.1. The molecular formula is C23H29N6O8P. The van der Waals surface area contributed by atoms with Crippen molar-refractivity contribution in [1.82, 2.24) is 24.6 Å². The minimum absolute atomic E-state index is 0.0324. The van der Waals surface area contributed by atoms with Gasteiger partial charge >= 0.3 is 13.7 Å². The van der Waals surface area contributed by atoms with E-state index < -0.39 is 43.8 Å². The Kier molecular flexibility index (Phi) is 7.11. The topological polar surface area (TPSA) is 182 Å². The van der Waals surface area contributed by atoms with Crippen LogP contribution in [0.3, 0.4) is 0 Å². The summed E-state index contributed by atoms with van der Waals surface area (Å²) in [6.45, 7) is 4.48. The molecule has 0 radical (unpaired) electrons. The van der Waals surface area contributed by atoms with Crippen molar-refractivity contribution in [2.75, 3.05) is 18.9 Å². The number of fused-ring (bicyclic) bond motifs is 3. The van der Waals surface area contributed by atoms with Crippen molar-refractivity contribution in [2.24, 2.45) is 0 Å². The van der Waals surface area contributed by atoms with E-state index in [2.05, 4.69) is 20.0 Å². The number of nitrogens with zero attached hydrogens (tertiary/aromatic N) is 4. The molecule has 2 saturated heterocycles. The fourth-order valence-corrected chi connectivity index (χ4v) is 5.87. The van der Waals surface area contributed by atoms with Gasteiger partial charge in [0, 0.05) is 0 Å².